The number of nitrogen functional groups attached to an aromatic ring is 1. The van der Waals surface area contributed by atoms with Crippen LogP contribution in [0, 0.1) is 5.82 Å². The van der Waals surface area contributed by atoms with Crippen LogP contribution < -0.4 is 11.1 Å². The van der Waals surface area contributed by atoms with Gasteiger partial charge in [0.25, 0.3) is 5.91 Å². The molecule has 0 bridgehead atoms. The number of nitrogens with zero attached hydrogens (tertiary/aromatic N) is 2. The summed E-state index contributed by atoms with van der Waals surface area (Å²) >= 11 is 0. The number of amides is 1. The van der Waals surface area contributed by atoms with Crippen LogP contribution in [0.5, 0.6) is 0 Å². The Morgan fingerprint density at radius 2 is 2.28 bits per heavy atom. The lowest BCUT2D eigenvalue weighted by molar-refractivity contribution is 0.0930. The van der Waals surface area contributed by atoms with Crippen LogP contribution >= 0.6 is 0 Å². The van der Waals surface area contributed by atoms with Crippen LogP contribution in [0.25, 0.3) is 0 Å². The van der Waals surface area contributed by atoms with Crippen molar-refractivity contribution >= 4 is 11.7 Å². The summed E-state index contributed by atoms with van der Waals surface area (Å²) in [5.74, 6) is -0.972. The van der Waals surface area contributed by atoms with Crippen molar-refractivity contribution in [2.24, 2.45) is 0 Å². The second-order valence-corrected chi connectivity index (χ2v) is 3.75. The predicted octanol–water partition coefficient (Wildman–Crippen LogP) is 1.28. The fourth-order valence-corrected chi connectivity index (χ4v) is 1.48. The number of hydrogen-bond donors (Lipinski definition) is 2. The van der Waals surface area contributed by atoms with Crippen molar-refractivity contribution in [1.29, 1.82) is 0 Å². The summed E-state index contributed by atoms with van der Waals surface area (Å²) in [5, 5.41) is 9.30. The Hall–Kier alpha value is -2.44. The van der Waals surface area contributed by atoms with Crippen LogP contribution in [0.2, 0.25) is 0 Å². The first-order valence-electron chi connectivity index (χ1n) is 5.22. The number of benzene rings is 1. The molecule has 0 spiro atoms. The Kier molecular flexibility index (Phi) is 3.22. The second-order valence-electron chi connectivity index (χ2n) is 3.75. The highest BCUT2D eigenvalue weighted by atomic mass is 19.1. The summed E-state index contributed by atoms with van der Waals surface area (Å²) in [5.41, 5.74) is 5.94. The molecule has 0 aliphatic carbocycles. The number of aromatic nitrogens is 2. The molecule has 1 atom stereocenters. The Bertz CT molecular complexity index is 570. The van der Waals surface area contributed by atoms with Gasteiger partial charge in [-0.1, -0.05) is 12.1 Å². The van der Waals surface area contributed by atoms with Crippen LogP contribution in [0.15, 0.2) is 28.9 Å². The highest BCUT2D eigenvalue weighted by molar-refractivity contribution is 5.96. The van der Waals surface area contributed by atoms with E-state index in [2.05, 4.69) is 20.3 Å². The fourth-order valence-electron chi connectivity index (χ4n) is 1.48. The number of nitrogens with one attached hydrogen (secondary N) is 1. The third kappa shape index (κ3) is 2.45. The predicted molar refractivity (Wildman–Crippen MR) is 61.0 cm³/mol. The quantitative estimate of drug-likeness (QED) is 0.855. The maximum absolute atomic E-state index is 13.0. The topological polar surface area (TPSA) is 94.0 Å². The van der Waals surface area contributed by atoms with E-state index in [1.54, 1.807) is 19.1 Å². The van der Waals surface area contributed by atoms with Gasteiger partial charge in [0.1, 0.15) is 5.82 Å². The van der Waals surface area contributed by atoms with E-state index in [-0.39, 0.29) is 23.4 Å². The summed E-state index contributed by atoms with van der Waals surface area (Å²) in [6.45, 7) is 1.72. The van der Waals surface area contributed by atoms with Crippen molar-refractivity contribution < 1.29 is 13.8 Å². The molecule has 0 saturated carbocycles. The summed E-state index contributed by atoms with van der Waals surface area (Å²) in [6.07, 6.45) is 0. The zero-order valence-electron chi connectivity index (χ0n) is 9.55. The van der Waals surface area contributed by atoms with Gasteiger partial charge in [-0.25, -0.2) is 9.02 Å². The second kappa shape index (κ2) is 4.82. The smallest absolute Gasteiger partial charge is 0.277 e. The Balaban J connectivity index is 2.10. The van der Waals surface area contributed by atoms with Gasteiger partial charge in [-0.2, -0.15) is 0 Å². The Morgan fingerprint density at radius 3 is 2.89 bits per heavy atom. The Labute approximate surface area is 102 Å². The molecule has 1 aromatic heterocycles. The van der Waals surface area contributed by atoms with Crippen molar-refractivity contribution in [3.05, 3.63) is 41.3 Å². The third-order valence-electron chi connectivity index (χ3n) is 2.43. The first-order chi connectivity index (χ1) is 8.58. The first-order valence-corrected chi connectivity index (χ1v) is 5.22. The van der Waals surface area contributed by atoms with Gasteiger partial charge in [0.2, 0.25) is 11.5 Å². The minimum Gasteiger partial charge on any atom is -0.379 e. The van der Waals surface area contributed by atoms with E-state index in [1.807, 2.05) is 0 Å². The van der Waals surface area contributed by atoms with Crippen molar-refractivity contribution in [2.75, 3.05) is 5.73 Å². The van der Waals surface area contributed by atoms with Gasteiger partial charge in [0, 0.05) is 0 Å². The molecular weight excluding hydrogens is 239 g/mol. The number of rotatable bonds is 3. The van der Waals surface area contributed by atoms with Gasteiger partial charge in [0.15, 0.2) is 0 Å². The molecule has 0 saturated heterocycles. The summed E-state index contributed by atoms with van der Waals surface area (Å²) < 4.78 is 17.4. The number of nitrogens with two attached hydrogens (primary N) is 1. The molecule has 1 amide bonds. The zero-order valence-corrected chi connectivity index (χ0v) is 9.55. The number of carbonyl (C=O) groups excluding carboxylic acids is 1. The number of hydrogen-bond acceptors (Lipinski definition) is 5. The molecule has 6 nitrogen and oxygen atoms in total. The summed E-state index contributed by atoms with van der Waals surface area (Å²) in [6, 6.07) is 5.56. The molecule has 0 unspecified atom stereocenters. The molecule has 2 rings (SSSR count). The normalized spacial score (nSPS) is 12.1. The molecule has 0 aliphatic rings. The average molecular weight is 250 g/mol. The minimum atomic E-state index is -0.523. The monoisotopic (exact) mass is 250 g/mol. The van der Waals surface area contributed by atoms with E-state index in [0.717, 1.165) is 0 Å². The first kappa shape index (κ1) is 12.0. The van der Waals surface area contributed by atoms with Crippen LogP contribution in [0.3, 0.4) is 0 Å². The molecule has 1 heterocycles. The zero-order chi connectivity index (χ0) is 13.1. The van der Waals surface area contributed by atoms with Gasteiger partial charge < -0.3 is 11.1 Å². The maximum Gasteiger partial charge on any atom is 0.277 e. The van der Waals surface area contributed by atoms with Gasteiger partial charge >= 0.3 is 0 Å². The van der Waals surface area contributed by atoms with E-state index in [1.165, 1.54) is 12.1 Å². The van der Waals surface area contributed by atoms with Gasteiger partial charge in [-0.05, 0) is 34.9 Å². The largest absolute Gasteiger partial charge is 0.379 e. The lowest BCUT2D eigenvalue weighted by Crippen LogP contribution is -2.27. The van der Waals surface area contributed by atoms with Gasteiger partial charge in [-0.15, -0.1) is 0 Å². The highest BCUT2D eigenvalue weighted by Crippen LogP contribution is 2.14. The molecule has 94 valence electrons. The maximum atomic E-state index is 13.0. The van der Waals surface area contributed by atoms with Crippen LogP contribution in [0.4, 0.5) is 10.2 Å². The molecule has 18 heavy (non-hydrogen) atoms. The average Bonchev–Trinajstić information content (AvgIpc) is 2.75. The fraction of sp³-hybridized carbons (Fsp3) is 0.182. The van der Waals surface area contributed by atoms with Crippen molar-refractivity contribution in [2.45, 2.75) is 13.0 Å². The SMILES string of the molecule is C[C@H](NC(=O)c1nonc1N)c1cccc(F)c1. The summed E-state index contributed by atoms with van der Waals surface area (Å²) in [4.78, 5) is 11.7. The van der Waals surface area contributed by atoms with Crippen LogP contribution in [-0.2, 0) is 0 Å². The van der Waals surface area contributed by atoms with Gasteiger partial charge in [0.05, 0.1) is 6.04 Å². The van der Waals surface area contributed by atoms with E-state index in [9.17, 15) is 9.18 Å². The molecule has 1 aromatic carbocycles. The standard InChI is InChI=1S/C11H11FN4O2/c1-6(7-3-2-4-8(12)5-7)14-11(17)9-10(13)16-18-15-9/h2-6H,1H3,(H2,13,16)(H,14,17)/t6-/m0/s1. The summed E-state index contributed by atoms with van der Waals surface area (Å²) in [7, 11) is 0. The highest BCUT2D eigenvalue weighted by Gasteiger charge is 2.18. The van der Waals surface area contributed by atoms with E-state index >= 15 is 0 Å². The lowest BCUT2D eigenvalue weighted by Gasteiger charge is -2.13. The molecule has 2 aromatic rings. The molecule has 0 fully saturated rings. The molecule has 3 N–H and O–H groups in total. The number of anilines is 1. The van der Waals surface area contributed by atoms with Gasteiger partial charge in [-0.3, -0.25) is 4.79 Å². The van der Waals surface area contributed by atoms with E-state index in [0.29, 0.717) is 5.56 Å². The van der Waals surface area contributed by atoms with Crippen LogP contribution in [0.1, 0.15) is 29.0 Å². The molecule has 7 heteroatoms. The number of carbonyl (C=O) groups is 1. The molecule has 0 radical (unpaired) electrons. The minimum absolute atomic E-state index is 0.0843. The molecule has 0 aliphatic heterocycles. The van der Waals surface area contributed by atoms with E-state index < -0.39 is 5.91 Å². The Morgan fingerprint density at radius 1 is 1.50 bits per heavy atom. The van der Waals surface area contributed by atoms with E-state index in [4.69, 9.17) is 5.73 Å². The number of halogens is 1. The third-order valence-corrected chi connectivity index (χ3v) is 2.43. The van der Waals surface area contributed by atoms with Crippen molar-refractivity contribution in [1.82, 2.24) is 15.6 Å². The molecular formula is C11H11FN4O2. The van der Waals surface area contributed by atoms with Crippen LogP contribution in [-0.4, -0.2) is 16.2 Å². The van der Waals surface area contributed by atoms with Crippen molar-refractivity contribution in [3.63, 3.8) is 0 Å². The lowest BCUT2D eigenvalue weighted by atomic mass is 10.1. The van der Waals surface area contributed by atoms with Crippen molar-refractivity contribution in [3.8, 4) is 0 Å².